The molecule has 1 aromatic heterocycles. The Hall–Kier alpha value is -3.86. The third-order valence-electron chi connectivity index (χ3n) is 6.21. The molecule has 5 heterocycles. The van der Waals surface area contributed by atoms with Crippen LogP contribution in [-0.2, 0) is 13.0 Å². The Morgan fingerprint density at radius 2 is 1.70 bits per heavy atom. The Morgan fingerprint density at radius 3 is 2.42 bits per heavy atom. The van der Waals surface area contributed by atoms with Crippen molar-refractivity contribution in [3.8, 4) is 11.6 Å². The van der Waals surface area contributed by atoms with Crippen LogP contribution >= 0.6 is 0 Å². The van der Waals surface area contributed by atoms with E-state index in [2.05, 4.69) is 39.8 Å². The minimum atomic E-state index is -4.50. The van der Waals surface area contributed by atoms with Gasteiger partial charge < -0.3 is 25.4 Å². The van der Waals surface area contributed by atoms with E-state index in [0.29, 0.717) is 31.1 Å². The predicted octanol–water partition coefficient (Wildman–Crippen LogP) is 4.75. The highest BCUT2D eigenvalue weighted by atomic mass is 19.4. The molecule has 1 amide bonds. The fraction of sp³-hybridized carbons (Fsp3) is 0.414. The highest BCUT2D eigenvalue weighted by Crippen LogP contribution is 2.22. The number of hydrogen-bond donors (Lipinski definition) is 3. The Morgan fingerprint density at radius 1 is 0.975 bits per heavy atom. The van der Waals surface area contributed by atoms with E-state index in [4.69, 9.17) is 9.47 Å². The van der Waals surface area contributed by atoms with Crippen molar-refractivity contribution in [3.05, 3.63) is 77.1 Å². The standard InChI is InChI=1S/C29H34F3N5O3/c1-28(2)17-33-12-3-13-39-23-10-6-21(7-11-23)16-34-24-15-26(40-19-29(30,31)32)37-25(36-24)14-20-4-8-22(9-5-20)27(38)35-18-28/h4-11,15,33H,3,12-14,16-19H2,1-2H3,(H,35,38)(H,34,36,37). The van der Waals surface area contributed by atoms with E-state index in [-0.39, 0.29) is 29.4 Å². The molecule has 0 spiro atoms. The van der Waals surface area contributed by atoms with Gasteiger partial charge in [-0.1, -0.05) is 38.1 Å². The molecule has 0 unspecified atom stereocenters. The van der Waals surface area contributed by atoms with Gasteiger partial charge in [-0.2, -0.15) is 18.2 Å². The number of nitrogens with one attached hydrogen (secondary N) is 3. The zero-order chi connectivity index (χ0) is 28.6. The van der Waals surface area contributed by atoms with Crippen molar-refractivity contribution < 1.29 is 27.4 Å². The van der Waals surface area contributed by atoms with Gasteiger partial charge in [0, 0.05) is 37.7 Å². The lowest BCUT2D eigenvalue weighted by Gasteiger charge is -2.25. The number of anilines is 1. The number of nitrogens with zero attached hydrogens (tertiary/aromatic N) is 2. The van der Waals surface area contributed by atoms with Crippen molar-refractivity contribution in [2.75, 3.05) is 38.2 Å². The van der Waals surface area contributed by atoms with Crippen LogP contribution in [0.15, 0.2) is 54.6 Å². The van der Waals surface area contributed by atoms with Crippen LogP contribution in [0.4, 0.5) is 19.0 Å². The molecule has 6 bridgehead atoms. The summed E-state index contributed by atoms with van der Waals surface area (Å²) in [5.74, 6) is 1.01. The maximum absolute atomic E-state index is 12.8. The lowest BCUT2D eigenvalue weighted by atomic mass is 9.93. The van der Waals surface area contributed by atoms with Gasteiger partial charge in [-0.15, -0.1) is 0 Å². The van der Waals surface area contributed by atoms with Crippen molar-refractivity contribution in [2.45, 2.75) is 39.4 Å². The quantitative estimate of drug-likeness (QED) is 0.419. The zero-order valence-electron chi connectivity index (χ0n) is 22.6. The Kier molecular flexibility index (Phi) is 9.46. The van der Waals surface area contributed by atoms with Gasteiger partial charge in [0.15, 0.2) is 6.61 Å². The summed E-state index contributed by atoms with van der Waals surface area (Å²) in [6, 6.07) is 15.9. The van der Waals surface area contributed by atoms with Gasteiger partial charge >= 0.3 is 6.18 Å². The van der Waals surface area contributed by atoms with Crippen molar-refractivity contribution in [2.24, 2.45) is 5.41 Å². The summed E-state index contributed by atoms with van der Waals surface area (Å²) < 4.78 is 49.1. The van der Waals surface area contributed by atoms with Crippen LogP contribution < -0.4 is 25.4 Å². The summed E-state index contributed by atoms with van der Waals surface area (Å²) in [7, 11) is 0. The Balaban J connectivity index is 1.56. The molecule has 0 aliphatic carbocycles. The highest BCUT2D eigenvalue weighted by molar-refractivity contribution is 5.94. The van der Waals surface area contributed by atoms with Gasteiger partial charge in [-0.3, -0.25) is 4.79 Å². The van der Waals surface area contributed by atoms with Crippen LogP contribution in [0, 0.1) is 5.41 Å². The number of carbonyl (C=O) groups excluding carboxylic acids is 1. The van der Waals surface area contributed by atoms with E-state index >= 15 is 0 Å². The molecule has 3 N–H and O–H groups in total. The van der Waals surface area contributed by atoms with Crippen molar-refractivity contribution in [1.82, 2.24) is 20.6 Å². The molecule has 0 radical (unpaired) electrons. The minimum absolute atomic E-state index is 0.150. The van der Waals surface area contributed by atoms with E-state index in [1.807, 2.05) is 24.3 Å². The predicted molar refractivity (Wildman–Crippen MR) is 146 cm³/mol. The maximum atomic E-state index is 12.8. The minimum Gasteiger partial charge on any atom is -0.494 e. The first-order valence-corrected chi connectivity index (χ1v) is 13.2. The number of alkyl halides is 3. The number of ether oxygens (including phenoxy) is 2. The molecule has 214 valence electrons. The SMILES string of the molecule is CC1(C)CNCCCOc2ccc(cc2)CNc2cc(OCC(F)(F)F)nc(n2)Cc2ccc(cc2)C(=O)NC1. The van der Waals surface area contributed by atoms with Crippen LogP contribution in [0.5, 0.6) is 11.6 Å². The normalized spacial score (nSPS) is 16.8. The number of benzene rings is 2. The molecular formula is C29H34F3N5O3. The fourth-order valence-corrected chi connectivity index (χ4v) is 4.02. The van der Waals surface area contributed by atoms with E-state index in [1.165, 1.54) is 6.07 Å². The average Bonchev–Trinajstić information content (AvgIpc) is 2.91. The smallest absolute Gasteiger partial charge is 0.422 e. The molecule has 4 aliphatic rings. The summed E-state index contributed by atoms with van der Waals surface area (Å²) >= 11 is 0. The number of hydrogen-bond acceptors (Lipinski definition) is 7. The molecule has 11 heteroatoms. The van der Waals surface area contributed by atoms with Gasteiger partial charge in [0.25, 0.3) is 5.91 Å². The van der Waals surface area contributed by atoms with Gasteiger partial charge in [0.1, 0.15) is 17.4 Å². The first kappa shape index (κ1) is 29.1. The van der Waals surface area contributed by atoms with Crippen LogP contribution in [0.1, 0.15) is 47.6 Å². The van der Waals surface area contributed by atoms with Gasteiger partial charge in [-0.05, 0) is 53.8 Å². The number of rotatable bonds is 2. The number of halogens is 3. The second-order valence-electron chi connectivity index (χ2n) is 10.5. The fourth-order valence-electron chi connectivity index (χ4n) is 4.02. The Labute approximate surface area is 231 Å². The number of amides is 1. The molecule has 0 fully saturated rings. The highest BCUT2D eigenvalue weighted by Gasteiger charge is 2.29. The second kappa shape index (κ2) is 13.0. The summed E-state index contributed by atoms with van der Waals surface area (Å²) in [4.78, 5) is 21.4. The lowest BCUT2D eigenvalue weighted by Crippen LogP contribution is -2.40. The van der Waals surface area contributed by atoms with E-state index in [9.17, 15) is 18.0 Å². The van der Waals surface area contributed by atoms with Crippen LogP contribution in [-0.4, -0.2) is 54.9 Å². The molecule has 2 aromatic carbocycles. The largest absolute Gasteiger partial charge is 0.494 e. The lowest BCUT2D eigenvalue weighted by molar-refractivity contribution is -0.154. The van der Waals surface area contributed by atoms with E-state index < -0.39 is 12.8 Å². The van der Waals surface area contributed by atoms with E-state index in [0.717, 1.165) is 36.4 Å². The molecule has 8 nitrogen and oxygen atoms in total. The van der Waals surface area contributed by atoms with Crippen LogP contribution in [0.2, 0.25) is 0 Å². The maximum Gasteiger partial charge on any atom is 0.422 e. The molecule has 7 rings (SSSR count). The third-order valence-corrected chi connectivity index (χ3v) is 6.21. The van der Waals surface area contributed by atoms with Crippen molar-refractivity contribution in [1.29, 1.82) is 0 Å². The van der Waals surface area contributed by atoms with E-state index in [1.54, 1.807) is 24.3 Å². The Bertz CT molecular complexity index is 1270. The molecule has 4 aliphatic heterocycles. The van der Waals surface area contributed by atoms with Crippen LogP contribution in [0.25, 0.3) is 0 Å². The summed E-state index contributed by atoms with van der Waals surface area (Å²) in [6.45, 7) is 5.68. The first-order valence-electron chi connectivity index (χ1n) is 13.2. The van der Waals surface area contributed by atoms with Gasteiger partial charge in [0.2, 0.25) is 5.88 Å². The van der Waals surface area contributed by atoms with Gasteiger partial charge in [0.05, 0.1) is 6.61 Å². The van der Waals surface area contributed by atoms with Crippen molar-refractivity contribution in [3.63, 3.8) is 0 Å². The summed E-state index contributed by atoms with van der Waals surface area (Å²) in [6.07, 6.45) is -3.43. The van der Waals surface area contributed by atoms with Gasteiger partial charge in [-0.25, -0.2) is 4.98 Å². The monoisotopic (exact) mass is 557 g/mol. The summed E-state index contributed by atoms with van der Waals surface area (Å²) in [5, 5.41) is 9.57. The number of aromatic nitrogens is 2. The number of carbonyl (C=O) groups is 1. The third kappa shape index (κ3) is 9.41. The summed E-state index contributed by atoms with van der Waals surface area (Å²) in [5.41, 5.74) is 2.10. The average molecular weight is 558 g/mol. The molecule has 0 atom stereocenters. The zero-order valence-corrected chi connectivity index (χ0v) is 22.6. The first-order chi connectivity index (χ1) is 19.0. The molecule has 0 saturated heterocycles. The topological polar surface area (TPSA) is 97.4 Å². The molecule has 0 saturated carbocycles. The second-order valence-corrected chi connectivity index (χ2v) is 10.5. The molecular weight excluding hydrogens is 523 g/mol. The van der Waals surface area contributed by atoms with Crippen LogP contribution in [0.3, 0.4) is 0 Å². The molecule has 3 aromatic rings. The molecule has 40 heavy (non-hydrogen) atoms. The van der Waals surface area contributed by atoms with Crippen molar-refractivity contribution >= 4 is 11.7 Å².